The molecule has 0 radical (unpaired) electrons. The zero-order valence-electron chi connectivity index (χ0n) is 11.3. The fourth-order valence-corrected chi connectivity index (χ4v) is 3.05. The third kappa shape index (κ3) is 4.11. The first-order chi connectivity index (χ1) is 8.24. The quantitative estimate of drug-likeness (QED) is 0.805. The number of halogens is 1. The molecule has 4 nitrogen and oxygen atoms in total. The van der Waals surface area contributed by atoms with Gasteiger partial charge in [-0.3, -0.25) is 9.69 Å². The molecule has 1 spiro atoms. The number of carbonyl (C=O) groups is 1. The lowest BCUT2D eigenvalue weighted by Gasteiger charge is -2.33. The first-order valence-electron chi connectivity index (χ1n) is 6.94. The van der Waals surface area contributed by atoms with Crippen LogP contribution in [0.3, 0.4) is 0 Å². The van der Waals surface area contributed by atoms with Gasteiger partial charge < -0.3 is 10.6 Å². The second-order valence-corrected chi connectivity index (χ2v) is 5.56. The summed E-state index contributed by atoms with van der Waals surface area (Å²) in [5, 5.41) is 6.38. The van der Waals surface area contributed by atoms with Crippen molar-refractivity contribution in [2.75, 3.05) is 39.3 Å². The summed E-state index contributed by atoms with van der Waals surface area (Å²) in [7, 11) is 0. The fraction of sp³-hybridized carbons (Fsp3) is 0.923. The van der Waals surface area contributed by atoms with Crippen molar-refractivity contribution in [1.82, 2.24) is 15.5 Å². The van der Waals surface area contributed by atoms with Gasteiger partial charge in [-0.05, 0) is 50.7 Å². The average molecular weight is 276 g/mol. The van der Waals surface area contributed by atoms with Crippen molar-refractivity contribution in [3.8, 4) is 0 Å². The molecule has 106 valence electrons. The van der Waals surface area contributed by atoms with E-state index in [2.05, 4.69) is 22.5 Å². The molecule has 0 aromatic carbocycles. The number of piperidine rings is 1. The van der Waals surface area contributed by atoms with Gasteiger partial charge in [-0.15, -0.1) is 12.4 Å². The Morgan fingerprint density at radius 2 is 2.06 bits per heavy atom. The molecule has 0 bridgehead atoms. The molecule has 0 aliphatic carbocycles. The molecule has 18 heavy (non-hydrogen) atoms. The summed E-state index contributed by atoms with van der Waals surface area (Å²) in [5.74, 6) is 0.192. The van der Waals surface area contributed by atoms with E-state index in [1.54, 1.807) is 0 Å². The summed E-state index contributed by atoms with van der Waals surface area (Å²) in [4.78, 5) is 14.0. The van der Waals surface area contributed by atoms with Crippen molar-refractivity contribution >= 4 is 18.3 Å². The predicted octanol–water partition coefficient (Wildman–Crippen LogP) is 1.01. The first-order valence-corrected chi connectivity index (χ1v) is 6.94. The minimum absolute atomic E-state index is 0. The van der Waals surface area contributed by atoms with Gasteiger partial charge in [-0.1, -0.05) is 6.92 Å². The van der Waals surface area contributed by atoms with Crippen molar-refractivity contribution in [3.05, 3.63) is 0 Å². The van der Waals surface area contributed by atoms with Crippen LogP contribution in [-0.2, 0) is 4.79 Å². The first kappa shape index (κ1) is 15.7. The molecule has 2 saturated heterocycles. The zero-order chi connectivity index (χ0) is 12.1. The van der Waals surface area contributed by atoms with Crippen molar-refractivity contribution in [1.29, 1.82) is 0 Å². The zero-order valence-corrected chi connectivity index (χ0v) is 12.2. The second kappa shape index (κ2) is 7.31. The minimum atomic E-state index is 0. The van der Waals surface area contributed by atoms with Gasteiger partial charge in [0.15, 0.2) is 0 Å². The standard InChI is InChI=1S/C13H25N3O.ClH/c1-2-6-15-12(17)10-16-9-5-13(11-16)3-7-14-8-4-13;/h14H,2-11H2,1H3,(H,15,17);1H. The van der Waals surface area contributed by atoms with Gasteiger partial charge in [-0.2, -0.15) is 0 Å². The van der Waals surface area contributed by atoms with Crippen LogP contribution in [0.25, 0.3) is 0 Å². The van der Waals surface area contributed by atoms with Crippen LogP contribution in [0, 0.1) is 5.41 Å². The monoisotopic (exact) mass is 275 g/mol. The van der Waals surface area contributed by atoms with Gasteiger partial charge in [0, 0.05) is 13.1 Å². The molecule has 0 saturated carbocycles. The number of nitrogens with zero attached hydrogens (tertiary/aromatic N) is 1. The maximum absolute atomic E-state index is 11.7. The lowest BCUT2D eigenvalue weighted by atomic mass is 9.78. The molecule has 2 fully saturated rings. The van der Waals surface area contributed by atoms with Crippen LogP contribution in [0.2, 0.25) is 0 Å². The number of hydrogen-bond acceptors (Lipinski definition) is 3. The van der Waals surface area contributed by atoms with Crippen LogP contribution < -0.4 is 10.6 Å². The molecule has 1 amide bonds. The highest BCUT2D eigenvalue weighted by Crippen LogP contribution is 2.38. The number of hydrogen-bond donors (Lipinski definition) is 2. The van der Waals surface area contributed by atoms with Crippen molar-refractivity contribution in [3.63, 3.8) is 0 Å². The average Bonchev–Trinajstić information content (AvgIpc) is 2.70. The smallest absolute Gasteiger partial charge is 0.234 e. The third-order valence-electron chi connectivity index (χ3n) is 4.12. The highest BCUT2D eigenvalue weighted by molar-refractivity contribution is 5.85. The Labute approximate surface area is 116 Å². The maximum Gasteiger partial charge on any atom is 0.234 e. The van der Waals surface area contributed by atoms with Crippen LogP contribution in [0.5, 0.6) is 0 Å². The predicted molar refractivity (Wildman–Crippen MR) is 76.1 cm³/mol. The Hall–Kier alpha value is -0.320. The molecule has 2 aliphatic rings. The number of rotatable bonds is 4. The van der Waals surface area contributed by atoms with Crippen molar-refractivity contribution in [2.45, 2.75) is 32.6 Å². The molecular weight excluding hydrogens is 250 g/mol. The topological polar surface area (TPSA) is 44.4 Å². The molecule has 2 rings (SSSR count). The Morgan fingerprint density at radius 3 is 2.72 bits per heavy atom. The molecule has 0 unspecified atom stereocenters. The second-order valence-electron chi connectivity index (χ2n) is 5.56. The Morgan fingerprint density at radius 1 is 1.33 bits per heavy atom. The minimum Gasteiger partial charge on any atom is -0.355 e. The largest absolute Gasteiger partial charge is 0.355 e. The molecule has 2 N–H and O–H groups in total. The number of likely N-dealkylation sites (tertiary alicyclic amines) is 1. The molecule has 5 heteroatoms. The molecule has 0 aromatic heterocycles. The van der Waals surface area contributed by atoms with Crippen LogP contribution in [-0.4, -0.2) is 50.1 Å². The SMILES string of the molecule is CCCNC(=O)CN1CCC2(CCNCC2)C1.Cl. The van der Waals surface area contributed by atoms with E-state index >= 15 is 0 Å². The van der Waals surface area contributed by atoms with Gasteiger partial charge in [0.1, 0.15) is 0 Å². The lowest BCUT2D eigenvalue weighted by molar-refractivity contribution is -0.122. The van der Waals surface area contributed by atoms with E-state index < -0.39 is 0 Å². The van der Waals surface area contributed by atoms with Crippen LogP contribution >= 0.6 is 12.4 Å². The summed E-state index contributed by atoms with van der Waals surface area (Å²) in [6.07, 6.45) is 4.84. The summed E-state index contributed by atoms with van der Waals surface area (Å²) in [6, 6.07) is 0. The summed E-state index contributed by atoms with van der Waals surface area (Å²) >= 11 is 0. The van der Waals surface area contributed by atoms with Crippen molar-refractivity contribution < 1.29 is 4.79 Å². The normalized spacial score (nSPS) is 22.7. The molecule has 0 aromatic rings. The lowest BCUT2D eigenvalue weighted by Crippen LogP contribution is -2.41. The third-order valence-corrected chi connectivity index (χ3v) is 4.12. The van der Waals surface area contributed by atoms with E-state index in [-0.39, 0.29) is 18.3 Å². The highest BCUT2D eigenvalue weighted by atomic mass is 35.5. The maximum atomic E-state index is 11.7. The van der Waals surface area contributed by atoms with E-state index in [0.717, 1.165) is 39.1 Å². The van der Waals surface area contributed by atoms with Gasteiger partial charge in [0.2, 0.25) is 5.91 Å². The molecule has 0 atom stereocenters. The van der Waals surface area contributed by atoms with E-state index in [9.17, 15) is 4.79 Å². The fourth-order valence-electron chi connectivity index (χ4n) is 3.05. The Balaban J connectivity index is 0.00000162. The molecule has 2 heterocycles. The number of carbonyl (C=O) groups excluding carboxylic acids is 1. The van der Waals surface area contributed by atoms with E-state index in [1.807, 2.05) is 0 Å². The molecule has 2 aliphatic heterocycles. The number of amides is 1. The van der Waals surface area contributed by atoms with Gasteiger partial charge in [0.25, 0.3) is 0 Å². The van der Waals surface area contributed by atoms with Crippen LogP contribution in [0.4, 0.5) is 0 Å². The van der Waals surface area contributed by atoms with Crippen molar-refractivity contribution in [2.24, 2.45) is 5.41 Å². The number of nitrogens with one attached hydrogen (secondary N) is 2. The summed E-state index contributed by atoms with van der Waals surface area (Å²) < 4.78 is 0. The van der Waals surface area contributed by atoms with Gasteiger partial charge in [-0.25, -0.2) is 0 Å². The van der Waals surface area contributed by atoms with Crippen LogP contribution in [0.15, 0.2) is 0 Å². The highest BCUT2D eigenvalue weighted by Gasteiger charge is 2.38. The van der Waals surface area contributed by atoms with E-state index in [4.69, 9.17) is 0 Å². The van der Waals surface area contributed by atoms with E-state index in [0.29, 0.717) is 12.0 Å². The summed E-state index contributed by atoms with van der Waals surface area (Å²) in [6.45, 7) is 8.00. The van der Waals surface area contributed by atoms with Crippen LogP contribution in [0.1, 0.15) is 32.6 Å². The van der Waals surface area contributed by atoms with Gasteiger partial charge >= 0.3 is 0 Å². The van der Waals surface area contributed by atoms with E-state index in [1.165, 1.54) is 19.3 Å². The summed E-state index contributed by atoms with van der Waals surface area (Å²) in [5.41, 5.74) is 0.510. The molecular formula is C13H26ClN3O. The Bertz CT molecular complexity index is 267. The Kier molecular flexibility index (Phi) is 6.39. The van der Waals surface area contributed by atoms with Gasteiger partial charge in [0.05, 0.1) is 6.54 Å².